The Labute approximate surface area is 63.3 Å². The molecule has 0 rings (SSSR count). The van der Waals surface area contributed by atoms with E-state index in [1.807, 2.05) is 0 Å². The van der Waals surface area contributed by atoms with Gasteiger partial charge in [0.05, 0.1) is 6.61 Å². The summed E-state index contributed by atoms with van der Waals surface area (Å²) in [6.07, 6.45) is -1.07. The summed E-state index contributed by atoms with van der Waals surface area (Å²) < 4.78 is 43.7. The standard InChI is InChI=1S/C6H11F3O2/c7-1-2-10-5-11-6(3-8)4-9/h6H,1-5H2. The zero-order valence-corrected chi connectivity index (χ0v) is 6.06. The highest BCUT2D eigenvalue weighted by Crippen LogP contribution is 1.94. The van der Waals surface area contributed by atoms with E-state index < -0.39 is 26.1 Å². The molecule has 0 aromatic carbocycles. The predicted octanol–water partition coefficient (Wildman–Crippen LogP) is 1.25. The third kappa shape index (κ3) is 6.12. The molecular weight excluding hydrogens is 161 g/mol. The van der Waals surface area contributed by atoms with Crippen LogP contribution in [-0.2, 0) is 9.47 Å². The first kappa shape index (κ1) is 10.7. The molecule has 0 heterocycles. The molecule has 0 aromatic rings. The third-order valence-corrected chi connectivity index (χ3v) is 0.953. The van der Waals surface area contributed by atoms with E-state index >= 15 is 0 Å². The largest absolute Gasteiger partial charge is 0.353 e. The van der Waals surface area contributed by atoms with Crippen molar-refractivity contribution in [1.82, 2.24) is 0 Å². The van der Waals surface area contributed by atoms with Gasteiger partial charge < -0.3 is 9.47 Å². The van der Waals surface area contributed by atoms with Gasteiger partial charge in [-0.1, -0.05) is 0 Å². The van der Waals surface area contributed by atoms with Crippen molar-refractivity contribution >= 4 is 0 Å². The molecule has 0 aromatic heterocycles. The van der Waals surface area contributed by atoms with Gasteiger partial charge in [0.1, 0.15) is 32.9 Å². The molecule has 0 unspecified atom stereocenters. The maximum Gasteiger partial charge on any atom is 0.147 e. The van der Waals surface area contributed by atoms with E-state index in [0.29, 0.717) is 0 Å². The van der Waals surface area contributed by atoms with Crippen molar-refractivity contribution in [2.24, 2.45) is 0 Å². The summed E-state index contributed by atoms with van der Waals surface area (Å²) in [6, 6.07) is 0. The number of alkyl halides is 3. The van der Waals surface area contributed by atoms with Gasteiger partial charge in [-0.2, -0.15) is 0 Å². The molecule has 0 radical (unpaired) electrons. The molecular formula is C6H11F3O2. The summed E-state index contributed by atoms with van der Waals surface area (Å²) in [5, 5.41) is 0. The normalized spacial score (nSPS) is 10.9. The Kier molecular flexibility index (Phi) is 7.61. The highest BCUT2D eigenvalue weighted by Gasteiger charge is 2.06. The van der Waals surface area contributed by atoms with Gasteiger partial charge in [-0.15, -0.1) is 0 Å². The number of rotatable bonds is 7. The predicted molar refractivity (Wildman–Crippen MR) is 33.6 cm³/mol. The lowest BCUT2D eigenvalue weighted by Gasteiger charge is -2.09. The summed E-state index contributed by atoms with van der Waals surface area (Å²) in [5.41, 5.74) is 0. The van der Waals surface area contributed by atoms with Crippen LogP contribution in [-0.4, -0.2) is 39.5 Å². The van der Waals surface area contributed by atoms with Gasteiger partial charge in [0, 0.05) is 0 Å². The van der Waals surface area contributed by atoms with Gasteiger partial charge >= 0.3 is 0 Å². The van der Waals surface area contributed by atoms with Gasteiger partial charge in [0.15, 0.2) is 0 Å². The van der Waals surface area contributed by atoms with E-state index in [2.05, 4.69) is 9.47 Å². The molecule has 0 bridgehead atoms. The fourth-order valence-corrected chi connectivity index (χ4v) is 0.388. The maximum absolute atomic E-state index is 11.7. The van der Waals surface area contributed by atoms with E-state index in [9.17, 15) is 13.2 Å². The quantitative estimate of drug-likeness (QED) is 0.425. The molecule has 0 aliphatic rings. The zero-order valence-electron chi connectivity index (χ0n) is 6.06. The Morgan fingerprint density at radius 3 is 2.18 bits per heavy atom. The Morgan fingerprint density at radius 2 is 1.73 bits per heavy atom. The van der Waals surface area contributed by atoms with Crippen molar-refractivity contribution in [3.63, 3.8) is 0 Å². The zero-order chi connectivity index (χ0) is 8.53. The van der Waals surface area contributed by atoms with Crippen LogP contribution in [0.5, 0.6) is 0 Å². The van der Waals surface area contributed by atoms with Gasteiger partial charge in [0.25, 0.3) is 0 Å². The fourth-order valence-electron chi connectivity index (χ4n) is 0.388. The van der Waals surface area contributed by atoms with Gasteiger partial charge in [-0.05, 0) is 0 Å². The number of hydrogen-bond acceptors (Lipinski definition) is 2. The molecule has 0 amide bonds. The first-order valence-electron chi connectivity index (χ1n) is 3.22. The first-order valence-corrected chi connectivity index (χ1v) is 3.22. The van der Waals surface area contributed by atoms with Crippen LogP contribution >= 0.6 is 0 Å². The maximum atomic E-state index is 11.7. The lowest BCUT2D eigenvalue weighted by Crippen LogP contribution is -2.19. The van der Waals surface area contributed by atoms with Crippen LogP contribution in [0.4, 0.5) is 13.2 Å². The van der Waals surface area contributed by atoms with E-state index in [1.165, 1.54) is 0 Å². The van der Waals surface area contributed by atoms with Gasteiger partial charge in [-0.3, -0.25) is 0 Å². The smallest absolute Gasteiger partial charge is 0.147 e. The van der Waals surface area contributed by atoms with Crippen molar-refractivity contribution in [3.05, 3.63) is 0 Å². The monoisotopic (exact) mass is 172 g/mol. The third-order valence-electron chi connectivity index (χ3n) is 0.953. The Balaban J connectivity index is 3.07. The van der Waals surface area contributed by atoms with Gasteiger partial charge in [0.2, 0.25) is 0 Å². The van der Waals surface area contributed by atoms with Crippen molar-refractivity contribution < 1.29 is 22.6 Å². The van der Waals surface area contributed by atoms with Gasteiger partial charge in [-0.25, -0.2) is 13.2 Å². The SMILES string of the molecule is FCCOCOC(CF)CF. The topological polar surface area (TPSA) is 18.5 Å². The summed E-state index contributed by atoms with van der Waals surface area (Å²) in [5.74, 6) is 0. The summed E-state index contributed by atoms with van der Waals surface area (Å²) in [4.78, 5) is 0. The number of hydrogen-bond donors (Lipinski definition) is 0. The minimum Gasteiger partial charge on any atom is -0.353 e. The van der Waals surface area contributed by atoms with E-state index in [0.717, 1.165) is 0 Å². The molecule has 2 nitrogen and oxygen atoms in total. The first-order chi connectivity index (χ1) is 5.35. The number of ether oxygens (including phenoxy) is 2. The Morgan fingerprint density at radius 1 is 1.09 bits per heavy atom. The van der Waals surface area contributed by atoms with E-state index in [-0.39, 0.29) is 13.4 Å². The molecule has 11 heavy (non-hydrogen) atoms. The highest BCUT2D eigenvalue weighted by molar-refractivity contribution is 4.50. The molecule has 68 valence electrons. The number of halogens is 3. The van der Waals surface area contributed by atoms with Crippen LogP contribution < -0.4 is 0 Å². The minimum absolute atomic E-state index is 0.106. The van der Waals surface area contributed by atoms with Crippen LogP contribution in [0.3, 0.4) is 0 Å². The van der Waals surface area contributed by atoms with Crippen LogP contribution in [0.1, 0.15) is 0 Å². The van der Waals surface area contributed by atoms with E-state index in [4.69, 9.17) is 0 Å². The molecule has 0 saturated heterocycles. The molecule has 0 spiro atoms. The summed E-state index contributed by atoms with van der Waals surface area (Å²) in [7, 11) is 0. The highest BCUT2D eigenvalue weighted by atomic mass is 19.1. The second-order valence-electron chi connectivity index (χ2n) is 1.81. The van der Waals surface area contributed by atoms with E-state index in [1.54, 1.807) is 0 Å². The molecule has 0 N–H and O–H groups in total. The van der Waals surface area contributed by atoms with Crippen LogP contribution in [0.2, 0.25) is 0 Å². The fraction of sp³-hybridized carbons (Fsp3) is 1.00. The second-order valence-corrected chi connectivity index (χ2v) is 1.81. The van der Waals surface area contributed by atoms with Crippen molar-refractivity contribution in [2.45, 2.75) is 6.10 Å². The van der Waals surface area contributed by atoms with Crippen LogP contribution in [0.15, 0.2) is 0 Å². The van der Waals surface area contributed by atoms with Crippen LogP contribution in [0.25, 0.3) is 0 Å². The average molecular weight is 172 g/mol. The second kappa shape index (κ2) is 7.81. The summed E-state index contributed by atoms with van der Waals surface area (Å²) in [6.45, 7) is -2.78. The molecule has 0 saturated carbocycles. The molecule has 0 aliphatic heterocycles. The molecule has 5 heteroatoms. The van der Waals surface area contributed by atoms with Crippen molar-refractivity contribution in [1.29, 1.82) is 0 Å². The Hall–Kier alpha value is -0.290. The lowest BCUT2D eigenvalue weighted by atomic mass is 10.4. The summed E-state index contributed by atoms with van der Waals surface area (Å²) >= 11 is 0. The molecule has 0 atom stereocenters. The minimum atomic E-state index is -1.07. The Bertz CT molecular complexity index is 78.2. The average Bonchev–Trinajstić information content (AvgIpc) is 2.05. The van der Waals surface area contributed by atoms with Crippen molar-refractivity contribution in [3.8, 4) is 0 Å². The van der Waals surface area contributed by atoms with Crippen molar-refractivity contribution in [2.75, 3.05) is 33.4 Å². The lowest BCUT2D eigenvalue weighted by molar-refractivity contribution is -0.102. The van der Waals surface area contributed by atoms with Crippen LogP contribution in [0, 0.1) is 0 Å². The molecule has 0 aliphatic carbocycles. The molecule has 0 fully saturated rings.